The van der Waals surface area contributed by atoms with Gasteiger partial charge in [-0.05, 0) is 47.5 Å². The quantitative estimate of drug-likeness (QED) is 0.181. The first kappa shape index (κ1) is 38.1. The van der Waals surface area contributed by atoms with Gasteiger partial charge < -0.3 is 49.4 Å². The highest BCUT2D eigenvalue weighted by molar-refractivity contribution is 6.40. The van der Waals surface area contributed by atoms with Gasteiger partial charge in [0, 0.05) is 35.1 Å². The number of halogens is 2. The second kappa shape index (κ2) is 17.5. The number of ether oxygens (including phenoxy) is 8. The average Bonchev–Trinajstić information content (AvgIpc) is 3.87. The van der Waals surface area contributed by atoms with Crippen molar-refractivity contribution in [3.05, 3.63) is 130 Å². The molecule has 280 valence electrons. The lowest BCUT2D eigenvalue weighted by atomic mass is 9.88. The smallest absolute Gasteiger partial charge is 0.231 e. The zero-order valence-electron chi connectivity index (χ0n) is 29.6. The number of rotatable bonds is 6. The maximum Gasteiger partial charge on any atom is 0.231 e. The van der Waals surface area contributed by atoms with Crippen LogP contribution in [0.1, 0.15) is 34.1 Å². The van der Waals surface area contributed by atoms with Crippen LogP contribution in [0, 0.1) is 22.7 Å². The molecule has 4 aliphatic heterocycles. The largest absolute Gasteiger partial charge is 0.497 e. The summed E-state index contributed by atoms with van der Waals surface area (Å²) in [5.41, 5.74) is 16.2. The Morgan fingerprint density at radius 3 is 1.29 bits per heavy atom. The number of nitrogens with zero attached hydrogens (tertiary/aromatic N) is 2. The molecule has 4 N–H and O–H groups in total. The number of allylic oxidation sites excluding steroid dienone is 4. The van der Waals surface area contributed by atoms with Crippen molar-refractivity contribution in [3.8, 4) is 58.1 Å². The van der Waals surface area contributed by atoms with Gasteiger partial charge in [-0.25, -0.2) is 0 Å². The highest BCUT2D eigenvalue weighted by Gasteiger charge is 2.32. The standard InChI is InChI=1S/2C20H16N2O4.CH2Cl2/c2*1-23-13-5-2-12(3-6-13)4-7-14-15-8-18-19(25-11-24-18)9-17(15)26-20(22)16(14)10-21;2-1-3/h2*2-9,14H,11,22H2,1H3;1H2/b2*7-4+;/t2*14-;/m00./s1. The van der Waals surface area contributed by atoms with Crippen molar-refractivity contribution in [3.63, 3.8) is 0 Å². The lowest BCUT2D eigenvalue weighted by molar-refractivity contribution is 0.173. The molecule has 55 heavy (non-hydrogen) atoms. The second-order valence-electron chi connectivity index (χ2n) is 11.8. The minimum Gasteiger partial charge on any atom is -0.497 e. The molecule has 2 atom stereocenters. The van der Waals surface area contributed by atoms with Gasteiger partial charge in [-0.2, -0.15) is 10.5 Å². The Labute approximate surface area is 327 Å². The molecule has 14 heteroatoms. The third-order valence-corrected chi connectivity index (χ3v) is 8.71. The normalized spacial score (nSPS) is 17.0. The van der Waals surface area contributed by atoms with Crippen LogP contribution in [0.2, 0.25) is 0 Å². The molecule has 0 saturated heterocycles. The van der Waals surface area contributed by atoms with Gasteiger partial charge in [0.15, 0.2) is 23.0 Å². The number of alkyl halides is 2. The predicted molar refractivity (Wildman–Crippen MR) is 206 cm³/mol. The average molecular weight is 782 g/mol. The fourth-order valence-corrected chi connectivity index (χ4v) is 6.00. The van der Waals surface area contributed by atoms with Crippen LogP contribution in [-0.2, 0) is 0 Å². The zero-order chi connectivity index (χ0) is 38.9. The van der Waals surface area contributed by atoms with E-state index in [1.807, 2.05) is 85.0 Å². The summed E-state index contributed by atoms with van der Waals surface area (Å²) in [6.45, 7) is 0.331. The summed E-state index contributed by atoms with van der Waals surface area (Å²) in [6, 6.07) is 26.7. The van der Waals surface area contributed by atoms with E-state index in [0.717, 1.165) is 33.8 Å². The minimum absolute atomic E-state index is 0.100. The monoisotopic (exact) mass is 780 g/mol. The summed E-state index contributed by atoms with van der Waals surface area (Å²) >= 11 is 9.53. The first-order valence-electron chi connectivity index (χ1n) is 16.6. The molecule has 0 spiro atoms. The Morgan fingerprint density at radius 1 is 0.618 bits per heavy atom. The number of nitriles is 2. The fraction of sp³-hybridized carbons (Fsp3) is 0.171. The third-order valence-electron chi connectivity index (χ3n) is 8.71. The highest BCUT2D eigenvalue weighted by Crippen LogP contribution is 2.47. The molecule has 0 unspecified atom stereocenters. The Morgan fingerprint density at radius 2 is 0.964 bits per heavy atom. The van der Waals surface area contributed by atoms with E-state index >= 15 is 0 Å². The van der Waals surface area contributed by atoms with Crippen molar-refractivity contribution in [1.29, 1.82) is 10.5 Å². The van der Waals surface area contributed by atoms with Crippen molar-refractivity contribution in [1.82, 2.24) is 0 Å². The van der Waals surface area contributed by atoms with Crippen LogP contribution in [0.4, 0.5) is 0 Å². The second-order valence-corrected chi connectivity index (χ2v) is 12.6. The lowest BCUT2D eigenvalue weighted by Gasteiger charge is -2.24. The molecule has 8 rings (SSSR count). The first-order valence-corrected chi connectivity index (χ1v) is 17.7. The van der Waals surface area contributed by atoms with Crippen LogP contribution < -0.4 is 49.4 Å². The van der Waals surface area contributed by atoms with E-state index in [1.54, 1.807) is 26.4 Å². The van der Waals surface area contributed by atoms with Gasteiger partial charge in [0.05, 0.1) is 19.6 Å². The van der Waals surface area contributed by atoms with Crippen LogP contribution >= 0.6 is 23.2 Å². The molecular formula is C41H34Cl2N4O8. The van der Waals surface area contributed by atoms with Crippen LogP contribution in [-0.4, -0.2) is 33.1 Å². The Balaban J connectivity index is 0.000000175. The van der Waals surface area contributed by atoms with E-state index in [0.29, 0.717) is 45.6 Å². The van der Waals surface area contributed by atoms with E-state index in [2.05, 4.69) is 12.1 Å². The minimum atomic E-state index is -0.333. The van der Waals surface area contributed by atoms with Gasteiger partial charge in [-0.15, -0.1) is 23.2 Å². The molecule has 4 aromatic carbocycles. The van der Waals surface area contributed by atoms with Crippen LogP contribution in [0.15, 0.2) is 108 Å². The Kier molecular flexibility index (Phi) is 12.1. The Hall–Kier alpha value is -6.60. The molecule has 0 amide bonds. The number of benzene rings is 4. The van der Waals surface area contributed by atoms with E-state index in [1.165, 1.54) is 0 Å². The summed E-state index contributed by atoms with van der Waals surface area (Å²) in [6.07, 6.45) is 7.73. The van der Waals surface area contributed by atoms with Crippen molar-refractivity contribution >= 4 is 35.4 Å². The van der Waals surface area contributed by atoms with Gasteiger partial charge in [0.2, 0.25) is 25.4 Å². The number of methoxy groups -OCH3 is 2. The highest BCUT2D eigenvalue weighted by atomic mass is 35.5. The van der Waals surface area contributed by atoms with Gasteiger partial charge in [0.1, 0.15) is 46.3 Å². The molecular weight excluding hydrogens is 747 g/mol. The molecule has 4 heterocycles. The van der Waals surface area contributed by atoms with Crippen molar-refractivity contribution in [2.75, 3.05) is 33.1 Å². The lowest BCUT2D eigenvalue weighted by Crippen LogP contribution is -2.19. The molecule has 4 aromatic rings. The predicted octanol–water partition coefficient (Wildman–Crippen LogP) is 8.04. The van der Waals surface area contributed by atoms with E-state index in [-0.39, 0.29) is 42.5 Å². The fourth-order valence-electron chi connectivity index (χ4n) is 6.00. The van der Waals surface area contributed by atoms with Gasteiger partial charge in [-0.1, -0.05) is 48.6 Å². The maximum atomic E-state index is 9.54. The number of fused-ring (bicyclic) bond motifs is 4. The molecule has 0 saturated carbocycles. The third kappa shape index (κ3) is 8.47. The first-order chi connectivity index (χ1) is 26.8. The molecule has 0 aromatic heterocycles. The van der Waals surface area contributed by atoms with E-state index < -0.39 is 0 Å². The number of nitrogens with two attached hydrogens (primary N) is 2. The van der Waals surface area contributed by atoms with Gasteiger partial charge in [-0.3, -0.25) is 0 Å². The Bertz CT molecular complexity index is 2100. The number of hydrogen-bond acceptors (Lipinski definition) is 12. The topological polar surface area (TPSA) is 173 Å². The summed E-state index contributed by atoms with van der Waals surface area (Å²) < 4.78 is 43.3. The molecule has 0 fully saturated rings. The van der Waals surface area contributed by atoms with Gasteiger partial charge in [0.25, 0.3) is 0 Å². The number of hydrogen-bond donors (Lipinski definition) is 2. The summed E-state index contributed by atoms with van der Waals surface area (Å²) in [5.74, 6) is 4.71. The van der Waals surface area contributed by atoms with Crippen LogP contribution in [0.25, 0.3) is 12.2 Å². The maximum absolute atomic E-state index is 9.54. The van der Waals surface area contributed by atoms with E-state index in [9.17, 15) is 10.5 Å². The summed E-state index contributed by atoms with van der Waals surface area (Å²) in [4.78, 5) is 0. The molecule has 12 nitrogen and oxygen atoms in total. The van der Waals surface area contributed by atoms with E-state index in [4.69, 9.17) is 72.6 Å². The molecule has 0 aliphatic carbocycles. The van der Waals surface area contributed by atoms with Gasteiger partial charge >= 0.3 is 0 Å². The SMILES string of the molecule is COc1ccc(/C=C/[C@@H]2C(C#N)=C(N)Oc3cc4c(cc32)OCO4)cc1.COc1ccc(/C=C/[C@@H]2C(C#N)=C(N)Oc3cc4c(cc32)OCO4)cc1.ClCCl. The zero-order valence-corrected chi connectivity index (χ0v) is 31.1. The van der Waals surface area contributed by atoms with Crippen molar-refractivity contribution in [2.24, 2.45) is 11.5 Å². The molecule has 0 bridgehead atoms. The molecule has 0 radical (unpaired) electrons. The van der Waals surface area contributed by atoms with Crippen molar-refractivity contribution in [2.45, 2.75) is 11.8 Å². The summed E-state index contributed by atoms with van der Waals surface area (Å²) in [5, 5.41) is 19.3. The molecule has 4 aliphatic rings. The van der Waals surface area contributed by atoms with Crippen LogP contribution in [0.5, 0.6) is 46.0 Å². The summed E-state index contributed by atoms with van der Waals surface area (Å²) in [7, 11) is 3.25. The van der Waals surface area contributed by atoms with Crippen molar-refractivity contribution < 1.29 is 37.9 Å². The van der Waals surface area contributed by atoms with Crippen LogP contribution in [0.3, 0.4) is 0 Å².